The van der Waals surface area contributed by atoms with Gasteiger partial charge >= 0.3 is 0 Å². The van der Waals surface area contributed by atoms with Crippen molar-refractivity contribution in [1.82, 2.24) is 9.80 Å². The Bertz CT molecular complexity index is 1200. The van der Waals surface area contributed by atoms with Gasteiger partial charge in [-0.05, 0) is 61.6 Å². The summed E-state index contributed by atoms with van der Waals surface area (Å²) in [5.41, 5.74) is 2.12. The number of para-hydroxylation sites is 1. The van der Waals surface area contributed by atoms with E-state index in [0.717, 1.165) is 24.8 Å². The van der Waals surface area contributed by atoms with Crippen LogP contribution in [0.15, 0.2) is 72.8 Å². The second-order valence-electron chi connectivity index (χ2n) is 9.07. The molecule has 3 aromatic rings. The molecular formula is C29H30Cl2N2O3. The van der Waals surface area contributed by atoms with Crippen LogP contribution in [-0.4, -0.2) is 54.4 Å². The Morgan fingerprint density at radius 1 is 0.917 bits per heavy atom. The lowest BCUT2D eigenvalue weighted by Gasteiger charge is -2.32. The zero-order chi connectivity index (χ0) is 25.5. The number of nitrogens with zero attached hydrogens (tertiary/aromatic N) is 2. The van der Waals surface area contributed by atoms with Crippen molar-refractivity contribution in [3.63, 3.8) is 0 Å². The number of rotatable bonds is 3. The van der Waals surface area contributed by atoms with Crippen LogP contribution in [0.25, 0.3) is 0 Å². The summed E-state index contributed by atoms with van der Waals surface area (Å²) in [6, 6.07) is 22.1. The summed E-state index contributed by atoms with van der Waals surface area (Å²) in [5.74, 6) is 0.344. The summed E-state index contributed by atoms with van der Waals surface area (Å²) < 4.78 is 6.28. The van der Waals surface area contributed by atoms with Crippen molar-refractivity contribution < 1.29 is 14.3 Å². The highest BCUT2D eigenvalue weighted by molar-refractivity contribution is 6.42. The number of halogens is 2. The summed E-state index contributed by atoms with van der Waals surface area (Å²) in [5, 5.41) is 0.757. The summed E-state index contributed by atoms with van der Waals surface area (Å²) in [4.78, 5) is 30.5. The second kappa shape index (κ2) is 12.3. The fourth-order valence-corrected chi connectivity index (χ4v) is 4.76. The molecule has 188 valence electrons. The molecule has 0 saturated carbocycles. The Morgan fingerprint density at radius 2 is 1.64 bits per heavy atom. The first-order valence-electron chi connectivity index (χ1n) is 12.2. The van der Waals surface area contributed by atoms with Crippen LogP contribution < -0.4 is 4.74 Å². The van der Waals surface area contributed by atoms with Gasteiger partial charge in [0, 0.05) is 25.7 Å². The predicted octanol–water partition coefficient (Wildman–Crippen LogP) is 6.38. The van der Waals surface area contributed by atoms with Crippen LogP contribution in [-0.2, 0) is 6.42 Å². The first-order chi connectivity index (χ1) is 17.4. The Kier molecular flexibility index (Phi) is 8.89. The van der Waals surface area contributed by atoms with Crippen LogP contribution in [0.1, 0.15) is 45.5 Å². The molecule has 0 unspecified atom stereocenters. The zero-order valence-electron chi connectivity index (χ0n) is 20.3. The minimum atomic E-state index is -0.254. The van der Waals surface area contributed by atoms with Crippen molar-refractivity contribution in [1.29, 1.82) is 0 Å². The van der Waals surface area contributed by atoms with E-state index < -0.39 is 0 Å². The standard InChI is InChI=1S/C29H30Cl2N2O3/c1-32-16-8-3-9-17-33(28(34)22-14-15-25(30)26(31)19-22)23(18-21-10-4-2-5-11-21)20-36-27-13-7-6-12-24(27)29(32)35/h2,4-7,10-15,19,23H,3,8-9,16-18,20H2,1H3/t23-/m1/s1. The van der Waals surface area contributed by atoms with E-state index in [1.807, 2.05) is 48.3 Å². The topological polar surface area (TPSA) is 49.9 Å². The number of carbonyl (C=O) groups is 2. The van der Waals surface area contributed by atoms with Crippen LogP contribution in [0.2, 0.25) is 10.0 Å². The molecule has 1 atom stereocenters. The van der Waals surface area contributed by atoms with Gasteiger partial charge in [-0.2, -0.15) is 0 Å². The highest BCUT2D eigenvalue weighted by atomic mass is 35.5. The number of hydrogen-bond acceptors (Lipinski definition) is 3. The molecule has 2 amide bonds. The van der Waals surface area contributed by atoms with Gasteiger partial charge < -0.3 is 14.5 Å². The maximum atomic E-state index is 13.8. The molecule has 0 fully saturated rings. The third kappa shape index (κ3) is 6.40. The zero-order valence-corrected chi connectivity index (χ0v) is 21.8. The summed E-state index contributed by atoms with van der Waals surface area (Å²) in [6.45, 7) is 1.45. The Morgan fingerprint density at radius 3 is 2.42 bits per heavy atom. The molecule has 0 bridgehead atoms. The van der Waals surface area contributed by atoms with Gasteiger partial charge in [-0.15, -0.1) is 0 Å². The number of amides is 2. The maximum absolute atomic E-state index is 13.8. The van der Waals surface area contributed by atoms with Gasteiger partial charge in [0.15, 0.2) is 0 Å². The van der Waals surface area contributed by atoms with Crippen LogP contribution in [0.3, 0.4) is 0 Å². The lowest BCUT2D eigenvalue weighted by Crippen LogP contribution is -2.45. The average Bonchev–Trinajstić information content (AvgIpc) is 2.90. The Labute approximate surface area is 222 Å². The number of hydrogen-bond donors (Lipinski definition) is 0. The smallest absolute Gasteiger partial charge is 0.257 e. The molecule has 0 aliphatic carbocycles. The third-order valence-electron chi connectivity index (χ3n) is 6.47. The number of carbonyl (C=O) groups excluding carboxylic acids is 2. The van der Waals surface area contributed by atoms with E-state index >= 15 is 0 Å². The van der Waals surface area contributed by atoms with Crippen molar-refractivity contribution in [3.8, 4) is 5.75 Å². The molecule has 4 rings (SSSR count). The average molecular weight is 525 g/mol. The number of fused-ring (bicyclic) bond motifs is 1. The second-order valence-corrected chi connectivity index (χ2v) is 9.88. The highest BCUT2D eigenvalue weighted by Crippen LogP contribution is 2.26. The lowest BCUT2D eigenvalue weighted by atomic mass is 10.0. The predicted molar refractivity (Wildman–Crippen MR) is 144 cm³/mol. The fourth-order valence-electron chi connectivity index (χ4n) is 4.46. The lowest BCUT2D eigenvalue weighted by molar-refractivity contribution is 0.0605. The first-order valence-corrected chi connectivity index (χ1v) is 13.0. The molecule has 0 N–H and O–H groups in total. The van der Waals surface area contributed by atoms with E-state index in [2.05, 4.69) is 12.1 Å². The molecule has 7 heteroatoms. The largest absolute Gasteiger partial charge is 0.491 e. The van der Waals surface area contributed by atoms with Gasteiger partial charge in [-0.3, -0.25) is 9.59 Å². The summed E-state index contributed by atoms with van der Waals surface area (Å²) in [6.07, 6.45) is 3.17. The van der Waals surface area contributed by atoms with Gasteiger partial charge in [-0.25, -0.2) is 0 Å². The van der Waals surface area contributed by atoms with Gasteiger partial charge in [0.05, 0.1) is 21.7 Å². The van der Waals surface area contributed by atoms with Crippen molar-refractivity contribution in [2.45, 2.75) is 31.7 Å². The SMILES string of the molecule is CN1CCCCCN(C(=O)c2ccc(Cl)c(Cl)c2)[C@H](Cc2ccccc2)COc2ccccc2C1=O. The molecule has 1 aliphatic heterocycles. The van der Waals surface area contributed by atoms with E-state index in [-0.39, 0.29) is 24.5 Å². The van der Waals surface area contributed by atoms with Crippen LogP contribution in [0.4, 0.5) is 0 Å². The van der Waals surface area contributed by atoms with E-state index in [0.29, 0.717) is 46.4 Å². The molecule has 36 heavy (non-hydrogen) atoms. The van der Waals surface area contributed by atoms with Crippen molar-refractivity contribution in [3.05, 3.63) is 99.5 Å². The first kappa shape index (κ1) is 26.1. The van der Waals surface area contributed by atoms with Gasteiger partial charge in [0.1, 0.15) is 12.4 Å². The fraction of sp³-hybridized carbons (Fsp3) is 0.310. The van der Waals surface area contributed by atoms with Crippen molar-refractivity contribution in [2.24, 2.45) is 0 Å². The highest BCUT2D eigenvalue weighted by Gasteiger charge is 2.27. The Balaban J connectivity index is 1.70. The van der Waals surface area contributed by atoms with Crippen molar-refractivity contribution >= 4 is 35.0 Å². The number of ether oxygens (including phenoxy) is 1. The molecule has 0 radical (unpaired) electrons. The normalized spacial score (nSPS) is 17.3. The van der Waals surface area contributed by atoms with Gasteiger partial charge in [0.2, 0.25) is 0 Å². The van der Waals surface area contributed by atoms with Gasteiger partial charge in [-0.1, -0.05) is 65.7 Å². The molecule has 5 nitrogen and oxygen atoms in total. The van der Waals surface area contributed by atoms with Crippen LogP contribution in [0, 0.1) is 0 Å². The molecule has 3 aromatic carbocycles. The third-order valence-corrected chi connectivity index (χ3v) is 7.21. The Hall–Kier alpha value is -3.02. The van der Waals surface area contributed by atoms with E-state index in [1.54, 1.807) is 29.2 Å². The molecule has 1 aliphatic rings. The van der Waals surface area contributed by atoms with Crippen LogP contribution >= 0.6 is 23.2 Å². The minimum absolute atomic E-state index is 0.0619. The maximum Gasteiger partial charge on any atom is 0.257 e. The molecule has 0 saturated heterocycles. The minimum Gasteiger partial charge on any atom is -0.491 e. The number of benzene rings is 3. The van der Waals surface area contributed by atoms with Crippen LogP contribution in [0.5, 0.6) is 5.75 Å². The molecule has 0 aromatic heterocycles. The summed E-state index contributed by atoms with van der Waals surface area (Å²) in [7, 11) is 1.82. The quantitative estimate of drug-likeness (QED) is 0.399. The van der Waals surface area contributed by atoms with E-state index in [9.17, 15) is 9.59 Å². The molecule has 1 heterocycles. The van der Waals surface area contributed by atoms with E-state index in [1.165, 1.54) is 0 Å². The molecular weight excluding hydrogens is 495 g/mol. The van der Waals surface area contributed by atoms with Crippen molar-refractivity contribution in [2.75, 3.05) is 26.7 Å². The monoisotopic (exact) mass is 524 g/mol. The van der Waals surface area contributed by atoms with E-state index in [4.69, 9.17) is 27.9 Å². The van der Waals surface area contributed by atoms with Gasteiger partial charge in [0.25, 0.3) is 11.8 Å². The summed E-state index contributed by atoms with van der Waals surface area (Å²) >= 11 is 12.4. The molecule has 0 spiro atoms.